The van der Waals surface area contributed by atoms with Crippen molar-refractivity contribution in [3.63, 3.8) is 0 Å². The van der Waals surface area contributed by atoms with Gasteiger partial charge in [0.15, 0.2) is 0 Å². The number of rotatable bonds is 2. The van der Waals surface area contributed by atoms with E-state index in [0.29, 0.717) is 0 Å². The molecule has 0 radical (unpaired) electrons. The highest BCUT2D eigenvalue weighted by Gasteiger charge is 2.19. The highest BCUT2D eigenvalue weighted by Crippen LogP contribution is 2.42. The quantitative estimate of drug-likeness (QED) is 0.347. The molecule has 0 unspecified atom stereocenters. The van der Waals surface area contributed by atoms with Gasteiger partial charge in [-0.05, 0) is 44.5 Å². The highest BCUT2D eigenvalue weighted by molar-refractivity contribution is 6.09. The van der Waals surface area contributed by atoms with Crippen LogP contribution in [-0.4, -0.2) is 9.97 Å². The Hall–Kier alpha value is -3.26. The van der Waals surface area contributed by atoms with E-state index in [1.807, 2.05) is 0 Å². The van der Waals surface area contributed by atoms with E-state index in [1.54, 1.807) is 0 Å². The van der Waals surface area contributed by atoms with Crippen LogP contribution in [0.15, 0.2) is 66.7 Å². The molecule has 0 amide bonds. The predicted molar refractivity (Wildman–Crippen MR) is 115 cm³/mol. The molecule has 0 aliphatic heterocycles. The van der Waals surface area contributed by atoms with E-state index in [2.05, 4.69) is 97.5 Å². The Morgan fingerprint density at radius 1 is 0.593 bits per heavy atom. The lowest BCUT2D eigenvalue weighted by molar-refractivity contribution is 1.29. The van der Waals surface area contributed by atoms with Gasteiger partial charge in [-0.25, -0.2) is 0 Å². The number of nitrogens with one attached hydrogen (secondary N) is 2. The van der Waals surface area contributed by atoms with Gasteiger partial charge in [0.25, 0.3) is 0 Å². The van der Waals surface area contributed by atoms with E-state index < -0.39 is 0 Å². The number of hydrogen-bond acceptors (Lipinski definition) is 0. The third-order valence-corrected chi connectivity index (χ3v) is 5.44. The fourth-order valence-corrected chi connectivity index (χ4v) is 4.11. The molecule has 0 aliphatic rings. The largest absolute Gasteiger partial charge is 0.358 e. The van der Waals surface area contributed by atoms with Crippen LogP contribution in [0.25, 0.3) is 44.2 Å². The molecule has 0 bridgehead atoms. The SMILES string of the molecule is Cc1ccc(-c2c(-c3c(C)[nH]c4ccccc34)[nH]c3ccc(C)cc23)cc1. The summed E-state index contributed by atoms with van der Waals surface area (Å²) in [6.07, 6.45) is 0. The molecule has 132 valence electrons. The van der Waals surface area contributed by atoms with Gasteiger partial charge in [-0.15, -0.1) is 0 Å². The lowest BCUT2D eigenvalue weighted by Crippen LogP contribution is -1.85. The predicted octanol–water partition coefficient (Wildman–Crippen LogP) is 6.91. The van der Waals surface area contributed by atoms with Gasteiger partial charge in [0.2, 0.25) is 0 Å². The smallest absolute Gasteiger partial charge is 0.0568 e. The summed E-state index contributed by atoms with van der Waals surface area (Å²) in [6.45, 7) is 6.45. The van der Waals surface area contributed by atoms with Crippen LogP contribution in [0.5, 0.6) is 0 Å². The first-order valence-corrected chi connectivity index (χ1v) is 9.39. The van der Waals surface area contributed by atoms with Crippen molar-refractivity contribution < 1.29 is 0 Å². The molecular formula is C25H22N2. The molecule has 2 N–H and O–H groups in total. The third-order valence-electron chi connectivity index (χ3n) is 5.44. The zero-order valence-corrected chi connectivity index (χ0v) is 15.9. The van der Waals surface area contributed by atoms with Gasteiger partial charge < -0.3 is 9.97 Å². The number of hydrogen-bond donors (Lipinski definition) is 2. The minimum absolute atomic E-state index is 1.18. The monoisotopic (exact) mass is 350 g/mol. The molecule has 2 nitrogen and oxygen atoms in total. The summed E-state index contributed by atoms with van der Waals surface area (Å²) >= 11 is 0. The van der Waals surface area contributed by atoms with E-state index in [0.717, 1.165) is 0 Å². The van der Waals surface area contributed by atoms with Gasteiger partial charge >= 0.3 is 0 Å². The zero-order chi connectivity index (χ0) is 18.5. The summed E-state index contributed by atoms with van der Waals surface area (Å²) in [4.78, 5) is 7.27. The van der Waals surface area contributed by atoms with Crippen molar-refractivity contribution in [2.24, 2.45) is 0 Å². The first kappa shape index (κ1) is 16.0. The summed E-state index contributed by atoms with van der Waals surface area (Å²) in [5.41, 5.74) is 11.1. The van der Waals surface area contributed by atoms with E-state index in [9.17, 15) is 0 Å². The number of para-hydroxylation sites is 1. The summed E-state index contributed by atoms with van der Waals surface area (Å²) in [7, 11) is 0. The average molecular weight is 350 g/mol. The summed E-state index contributed by atoms with van der Waals surface area (Å²) < 4.78 is 0. The molecule has 3 aromatic carbocycles. The van der Waals surface area contributed by atoms with Crippen molar-refractivity contribution in [2.75, 3.05) is 0 Å². The fourth-order valence-electron chi connectivity index (χ4n) is 4.11. The van der Waals surface area contributed by atoms with Crippen LogP contribution in [-0.2, 0) is 0 Å². The Morgan fingerprint density at radius 2 is 1.30 bits per heavy atom. The van der Waals surface area contributed by atoms with Gasteiger partial charge in [-0.1, -0.05) is 59.7 Å². The van der Waals surface area contributed by atoms with Crippen molar-refractivity contribution in [2.45, 2.75) is 20.8 Å². The van der Waals surface area contributed by atoms with Crippen molar-refractivity contribution in [3.05, 3.63) is 83.6 Å². The standard InChI is InChI=1S/C25H22N2/c1-15-8-11-18(12-9-15)24-20-14-16(2)10-13-22(20)27-25(24)23-17(3)26-21-7-5-4-6-19(21)23/h4-14,26-27H,1-3H3. The molecule has 0 atom stereocenters. The molecule has 0 fully saturated rings. The normalized spacial score (nSPS) is 11.5. The van der Waals surface area contributed by atoms with E-state index in [4.69, 9.17) is 0 Å². The minimum atomic E-state index is 1.18. The average Bonchev–Trinajstić information content (AvgIpc) is 3.18. The molecule has 27 heavy (non-hydrogen) atoms. The lowest BCUT2D eigenvalue weighted by atomic mass is 9.96. The topological polar surface area (TPSA) is 31.6 Å². The maximum absolute atomic E-state index is 3.72. The number of H-pyrrole nitrogens is 2. The van der Waals surface area contributed by atoms with Gasteiger partial charge in [0, 0.05) is 38.6 Å². The Morgan fingerprint density at radius 3 is 2.11 bits per heavy atom. The van der Waals surface area contributed by atoms with E-state index >= 15 is 0 Å². The minimum Gasteiger partial charge on any atom is -0.358 e. The zero-order valence-electron chi connectivity index (χ0n) is 15.9. The van der Waals surface area contributed by atoms with Gasteiger partial charge in [0.1, 0.15) is 0 Å². The molecule has 2 heteroatoms. The highest BCUT2D eigenvalue weighted by atomic mass is 14.8. The van der Waals surface area contributed by atoms with Crippen LogP contribution in [0.1, 0.15) is 16.8 Å². The second kappa shape index (κ2) is 5.88. The summed E-state index contributed by atoms with van der Waals surface area (Å²) in [5.74, 6) is 0. The third kappa shape index (κ3) is 2.48. The number of benzene rings is 3. The van der Waals surface area contributed by atoms with Crippen LogP contribution >= 0.6 is 0 Å². The first-order chi connectivity index (χ1) is 13.1. The molecule has 0 saturated carbocycles. The number of aromatic amines is 2. The molecule has 5 rings (SSSR count). The summed E-state index contributed by atoms with van der Waals surface area (Å²) in [5, 5.41) is 2.53. The van der Waals surface area contributed by atoms with Gasteiger partial charge in [0.05, 0.1) is 5.69 Å². The Balaban J connectivity index is 1.91. The Bertz CT molecular complexity index is 1280. The van der Waals surface area contributed by atoms with Crippen LogP contribution in [0.4, 0.5) is 0 Å². The fraction of sp³-hybridized carbons (Fsp3) is 0.120. The van der Waals surface area contributed by atoms with E-state index in [1.165, 1.54) is 61.0 Å². The molecule has 2 heterocycles. The van der Waals surface area contributed by atoms with Crippen LogP contribution in [0.2, 0.25) is 0 Å². The Kier molecular flexibility index (Phi) is 3.48. The Labute approximate surface area is 158 Å². The molecule has 0 spiro atoms. The number of aryl methyl sites for hydroxylation is 3. The van der Waals surface area contributed by atoms with Gasteiger partial charge in [-0.3, -0.25) is 0 Å². The van der Waals surface area contributed by atoms with Gasteiger partial charge in [-0.2, -0.15) is 0 Å². The maximum Gasteiger partial charge on any atom is 0.0568 e. The second-order valence-corrected chi connectivity index (χ2v) is 7.46. The molecule has 2 aromatic heterocycles. The van der Waals surface area contributed by atoms with Crippen molar-refractivity contribution >= 4 is 21.8 Å². The van der Waals surface area contributed by atoms with Crippen LogP contribution in [0.3, 0.4) is 0 Å². The number of aromatic nitrogens is 2. The van der Waals surface area contributed by atoms with Crippen molar-refractivity contribution in [3.8, 4) is 22.4 Å². The maximum atomic E-state index is 3.72. The first-order valence-electron chi connectivity index (χ1n) is 9.39. The molecule has 0 aliphatic carbocycles. The van der Waals surface area contributed by atoms with Crippen LogP contribution < -0.4 is 0 Å². The second-order valence-electron chi connectivity index (χ2n) is 7.46. The van der Waals surface area contributed by atoms with Crippen molar-refractivity contribution in [1.29, 1.82) is 0 Å². The number of fused-ring (bicyclic) bond motifs is 2. The molecule has 5 aromatic rings. The lowest BCUT2D eigenvalue weighted by Gasteiger charge is -2.07. The molecule has 0 saturated heterocycles. The molecular weight excluding hydrogens is 328 g/mol. The van der Waals surface area contributed by atoms with Crippen LogP contribution in [0, 0.1) is 20.8 Å². The van der Waals surface area contributed by atoms with Crippen molar-refractivity contribution in [1.82, 2.24) is 9.97 Å². The summed E-state index contributed by atoms with van der Waals surface area (Å²) in [6, 6.07) is 24.0. The van der Waals surface area contributed by atoms with E-state index in [-0.39, 0.29) is 0 Å².